The summed E-state index contributed by atoms with van der Waals surface area (Å²) >= 11 is 6.03. The minimum Gasteiger partial charge on any atom is -0.497 e. The van der Waals surface area contributed by atoms with Crippen molar-refractivity contribution in [1.29, 1.82) is 0 Å². The van der Waals surface area contributed by atoms with Gasteiger partial charge in [0.2, 0.25) is 5.95 Å². The molecule has 1 aromatic heterocycles. The van der Waals surface area contributed by atoms with E-state index in [2.05, 4.69) is 27.5 Å². The maximum absolute atomic E-state index is 6.03. The van der Waals surface area contributed by atoms with Gasteiger partial charge in [0.05, 0.1) is 19.2 Å². The van der Waals surface area contributed by atoms with E-state index in [1.54, 1.807) is 13.4 Å². The average Bonchev–Trinajstić information content (AvgIpc) is 3.10. The zero-order valence-electron chi connectivity index (χ0n) is 13.2. The minimum absolute atomic E-state index is 0.109. The molecule has 24 heavy (non-hydrogen) atoms. The number of hydrogen-bond donors (Lipinski definition) is 1. The zero-order valence-corrected chi connectivity index (χ0v) is 13.9. The van der Waals surface area contributed by atoms with E-state index in [-0.39, 0.29) is 12.1 Å². The molecule has 6 heteroatoms. The molecule has 1 N–H and O–H groups in total. The Balaban J connectivity index is 1.71. The highest BCUT2D eigenvalue weighted by atomic mass is 35.5. The second-order valence-corrected chi connectivity index (χ2v) is 6.24. The lowest BCUT2D eigenvalue weighted by Gasteiger charge is -2.32. The second kappa shape index (κ2) is 6.17. The van der Waals surface area contributed by atoms with Crippen molar-refractivity contribution in [3.05, 3.63) is 71.0 Å². The second-order valence-electron chi connectivity index (χ2n) is 5.80. The number of nitrogens with one attached hydrogen (secondary N) is 1. The molecule has 122 valence electrons. The van der Waals surface area contributed by atoms with E-state index in [1.165, 1.54) is 11.1 Å². The molecule has 0 amide bonds. The van der Waals surface area contributed by atoms with Gasteiger partial charge in [-0.05, 0) is 41.8 Å². The lowest BCUT2D eigenvalue weighted by atomic mass is 9.93. The Hall–Kier alpha value is -2.53. The van der Waals surface area contributed by atoms with E-state index in [0.717, 1.165) is 23.1 Å². The van der Waals surface area contributed by atoms with Crippen LogP contribution in [0.3, 0.4) is 0 Å². The number of halogens is 1. The van der Waals surface area contributed by atoms with Crippen molar-refractivity contribution in [3.8, 4) is 5.75 Å². The number of methoxy groups -OCH3 is 1. The molecule has 1 aliphatic rings. The van der Waals surface area contributed by atoms with Gasteiger partial charge < -0.3 is 10.1 Å². The molecule has 2 heterocycles. The molecule has 1 aliphatic heterocycles. The van der Waals surface area contributed by atoms with Gasteiger partial charge >= 0.3 is 0 Å². The monoisotopic (exact) mass is 340 g/mol. The van der Waals surface area contributed by atoms with Crippen molar-refractivity contribution in [2.75, 3.05) is 12.4 Å². The Labute approximate surface area is 145 Å². The number of hydrogen-bond acceptors (Lipinski definition) is 4. The first-order valence-electron chi connectivity index (χ1n) is 7.80. The van der Waals surface area contributed by atoms with Crippen molar-refractivity contribution < 1.29 is 4.74 Å². The van der Waals surface area contributed by atoms with Crippen LogP contribution in [0.25, 0.3) is 0 Å². The van der Waals surface area contributed by atoms with Gasteiger partial charge in [-0.3, -0.25) is 0 Å². The molecule has 0 saturated carbocycles. The molecular formula is C18H17ClN4O. The van der Waals surface area contributed by atoms with Crippen LogP contribution in [-0.2, 0) is 0 Å². The molecule has 4 rings (SSSR count). The quantitative estimate of drug-likeness (QED) is 0.780. The van der Waals surface area contributed by atoms with Crippen LogP contribution in [0.4, 0.5) is 5.95 Å². The topological polar surface area (TPSA) is 52.0 Å². The number of anilines is 1. The SMILES string of the molecule is COc1cccc([C@H]2C[C@@H](c3ccc(Cl)cc3)n3ncnc3N2)c1. The number of fused-ring (bicyclic) bond motifs is 1. The predicted molar refractivity (Wildman–Crippen MR) is 93.6 cm³/mol. The van der Waals surface area contributed by atoms with Gasteiger partial charge in [0, 0.05) is 5.02 Å². The summed E-state index contributed by atoms with van der Waals surface area (Å²) < 4.78 is 7.28. The number of rotatable bonds is 3. The lowest BCUT2D eigenvalue weighted by Crippen LogP contribution is -2.28. The fraction of sp³-hybridized carbons (Fsp3) is 0.222. The molecule has 5 nitrogen and oxygen atoms in total. The van der Waals surface area contributed by atoms with Crippen LogP contribution in [0.2, 0.25) is 5.02 Å². The first-order chi connectivity index (χ1) is 11.7. The van der Waals surface area contributed by atoms with E-state index in [1.807, 2.05) is 41.1 Å². The third kappa shape index (κ3) is 2.71. The Morgan fingerprint density at radius 2 is 2.00 bits per heavy atom. The van der Waals surface area contributed by atoms with Gasteiger partial charge in [0.15, 0.2) is 0 Å². The van der Waals surface area contributed by atoms with E-state index in [0.29, 0.717) is 0 Å². The Bertz CT molecular complexity index is 846. The molecule has 0 bridgehead atoms. The van der Waals surface area contributed by atoms with Crippen LogP contribution >= 0.6 is 11.6 Å². The first-order valence-corrected chi connectivity index (χ1v) is 8.18. The third-order valence-corrected chi connectivity index (χ3v) is 4.63. The number of benzene rings is 2. The smallest absolute Gasteiger partial charge is 0.222 e. The van der Waals surface area contributed by atoms with Crippen LogP contribution in [-0.4, -0.2) is 21.9 Å². The fourth-order valence-corrected chi connectivity index (χ4v) is 3.29. The maximum atomic E-state index is 6.03. The van der Waals surface area contributed by atoms with Gasteiger partial charge in [-0.25, -0.2) is 4.68 Å². The molecule has 0 unspecified atom stereocenters. The Morgan fingerprint density at radius 3 is 2.79 bits per heavy atom. The molecule has 0 spiro atoms. The van der Waals surface area contributed by atoms with E-state index in [9.17, 15) is 0 Å². The van der Waals surface area contributed by atoms with Crippen molar-refractivity contribution in [2.45, 2.75) is 18.5 Å². The fourth-order valence-electron chi connectivity index (χ4n) is 3.16. The zero-order chi connectivity index (χ0) is 16.5. The van der Waals surface area contributed by atoms with Crippen molar-refractivity contribution in [3.63, 3.8) is 0 Å². The van der Waals surface area contributed by atoms with Crippen molar-refractivity contribution in [2.24, 2.45) is 0 Å². The largest absolute Gasteiger partial charge is 0.497 e. The summed E-state index contributed by atoms with van der Waals surface area (Å²) in [6, 6.07) is 16.3. The first kappa shape index (κ1) is 15.0. The van der Waals surface area contributed by atoms with Crippen LogP contribution in [0.5, 0.6) is 5.75 Å². The van der Waals surface area contributed by atoms with Gasteiger partial charge in [-0.2, -0.15) is 10.1 Å². The van der Waals surface area contributed by atoms with E-state index < -0.39 is 0 Å². The lowest BCUT2D eigenvalue weighted by molar-refractivity contribution is 0.410. The summed E-state index contributed by atoms with van der Waals surface area (Å²) in [5.74, 6) is 1.62. The van der Waals surface area contributed by atoms with Crippen LogP contribution < -0.4 is 10.1 Å². The third-order valence-electron chi connectivity index (χ3n) is 4.38. The minimum atomic E-state index is 0.109. The molecule has 0 radical (unpaired) electrons. The van der Waals surface area contributed by atoms with Crippen LogP contribution in [0, 0.1) is 0 Å². The van der Waals surface area contributed by atoms with Gasteiger partial charge in [-0.15, -0.1) is 0 Å². The average molecular weight is 341 g/mol. The van der Waals surface area contributed by atoms with Crippen molar-refractivity contribution >= 4 is 17.5 Å². The van der Waals surface area contributed by atoms with E-state index in [4.69, 9.17) is 16.3 Å². The van der Waals surface area contributed by atoms with Crippen molar-refractivity contribution in [1.82, 2.24) is 14.8 Å². The highest BCUT2D eigenvalue weighted by Crippen LogP contribution is 2.38. The maximum Gasteiger partial charge on any atom is 0.222 e. The van der Waals surface area contributed by atoms with Crippen LogP contribution in [0.15, 0.2) is 54.9 Å². The van der Waals surface area contributed by atoms with Gasteiger partial charge in [-0.1, -0.05) is 35.9 Å². The highest BCUT2D eigenvalue weighted by Gasteiger charge is 2.30. The number of ether oxygens (including phenoxy) is 1. The highest BCUT2D eigenvalue weighted by molar-refractivity contribution is 6.30. The molecule has 3 aromatic rings. The molecule has 0 aliphatic carbocycles. The van der Waals surface area contributed by atoms with Gasteiger partial charge in [0.25, 0.3) is 0 Å². The molecule has 2 atom stereocenters. The summed E-state index contributed by atoms with van der Waals surface area (Å²) in [7, 11) is 1.68. The standard InChI is InChI=1S/C18H17ClN4O/c1-24-15-4-2-3-13(9-15)16-10-17(12-5-7-14(19)8-6-12)23-18(22-16)20-11-21-23/h2-9,11,16-17H,10H2,1H3,(H,20,21,22)/t16-,17+/m1/s1. The Kier molecular flexibility index (Phi) is 3.86. The summed E-state index contributed by atoms with van der Waals surface area (Å²) in [6.07, 6.45) is 2.45. The molecule has 0 saturated heterocycles. The molecule has 2 aromatic carbocycles. The summed E-state index contributed by atoms with van der Waals surface area (Å²) in [5, 5.41) is 8.58. The molecular weight excluding hydrogens is 324 g/mol. The summed E-state index contributed by atoms with van der Waals surface area (Å²) in [4.78, 5) is 4.35. The summed E-state index contributed by atoms with van der Waals surface area (Å²) in [5.41, 5.74) is 2.34. The summed E-state index contributed by atoms with van der Waals surface area (Å²) in [6.45, 7) is 0. The number of nitrogens with zero attached hydrogens (tertiary/aromatic N) is 3. The van der Waals surface area contributed by atoms with Crippen LogP contribution in [0.1, 0.15) is 29.6 Å². The number of aromatic nitrogens is 3. The van der Waals surface area contributed by atoms with E-state index >= 15 is 0 Å². The normalized spacial score (nSPS) is 19.4. The molecule has 0 fully saturated rings. The Morgan fingerprint density at radius 1 is 1.17 bits per heavy atom. The predicted octanol–water partition coefficient (Wildman–Crippen LogP) is 4.09. The van der Waals surface area contributed by atoms with Gasteiger partial charge in [0.1, 0.15) is 12.1 Å².